The summed E-state index contributed by atoms with van der Waals surface area (Å²) in [7, 11) is 0. The minimum absolute atomic E-state index is 0.0158. The maximum atomic E-state index is 13.2. The highest BCUT2D eigenvalue weighted by Crippen LogP contribution is 2.47. The number of alkyl carbamates (subject to hydrolysis) is 1. The molecule has 0 radical (unpaired) electrons. The number of aliphatic carboxylic acids is 1. The van der Waals surface area contributed by atoms with Gasteiger partial charge in [0.15, 0.2) is 0 Å². The van der Waals surface area contributed by atoms with Crippen molar-refractivity contribution < 1.29 is 24.2 Å². The zero-order valence-electron chi connectivity index (χ0n) is 19.0. The van der Waals surface area contributed by atoms with E-state index in [9.17, 15) is 19.5 Å². The zero-order chi connectivity index (χ0) is 23.8. The van der Waals surface area contributed by atoms with Crippen LogP contribution in [0.25, 0.3) is 11.1 Å². The van der Waals surface area contributed by atoms with E-state index in [1.807, 2.05) is 30.5 Å². The monoisotopic (exact) mass is 480 g/mol. The van der Waals surface area contributed by atoms with Crippen LogP contribution in [-0.2, 0) is 14.3 Å². The van der Waals surface area contributed by atoms with Crippen molar-refractivity contribution >= 4 is 29.7 Å². The topological polar surface area (TPSA) is 95.9 Å². The number of thioether (sulfide) groups is 1. The minimum Gasteiger partial charge on any atom is -0.481 e. The first-order valence-corrected chi connectivity index (χ1v) is 13.0. The van der Waals surface area contributed by atoms with Crippen molar-refractivity contribution in [3.8, 4) is 11.1 Å². The molecule has 178 valence electrons. The Bertz CT molecular complexity index is 1080. The van der Waals surface area contributed by atoms with Crippen LogP contribution in [0.5, 0.6) is 0 Å². The third kappa shape index (κ3) is 3.94. The van der Waals surface area contributed by atoms with Crippen LogP contribution < -0.4 is 5.32 Å². The van der Waals surface area contributed by atoms with E-state index in [1.54, 1.807) is 16.7 Å². The molecule has 2 amide bonds. The molecule has 2 heterocycles. The Hall–Kier alpha value is -3.00. The summed E-state index contributed by atoms with van der Waals surface area (Å²) in [6.07, 6.45) is 2.52. The summed E-state index contributed by atoms with van der Waals surface area (Å²) in [4.78, 5) is 39.1. The van der Waals surface area contributed by atoms with Gasteiger partial charge in [0, 0.05) is 18.5 Å². The van der Waals surface area contributed by atoms with E-state index in [0.717, 1.165) is 28.7 Å². The third-order valence-corrected chi connectivity index (χ3v) is 8.05. The first-order chi connectivity index (χ1) is 16.5. The fourth-order valence-corrected chi connectivity index (χ4v) is 6.19. The standard InChI is InChI=1S/C26H28N2O5S/c1-34-11-10-21(24(29)28-13-15-12-22(28)23(15)25(30)31)27-26(32)33-14-20-18-8-4-2-6-16(18)17-7-3-5-9-19(17)20/h2-9,15,20-23H,10-14H2,1H3,(H,27,32)(H,30,31)/t15?,21-,22?,23?/m0/s1. The molecular formula is C26H28N2O5S. The predicted octanol–water partition coefficient (Wildman–Crippen LogP) is 3.58. The van der Waals surface area contributed by atoms with E-state index in [1.165, 1.54) is 0 Å². The quantitative estimate of drug-likeness (QED) is 0.600. The number of fused-ring (bicyclic) bond motifs is 4. The maximum Gasteiger partial charge on any atom is 0.407 e. The second kappa shape index (κ2) is 9.33. The molecular weight excluding hydrogens is 452 g/mol. The van der Waals surface area contributed by atoms with Gasteiger partial charge in [0.05, 0.1) is 5.92 Å². The van der Waals surface area contributed by atoms with Crippen LogP contribution in [0.2, 0.25) is 0 Å². The van der Waals surface area contributed by atoms with Crippen LogP contribution in [0.15, 0.2) is 48.5 Å². The first kappa shape index (κ1) is 22.8. The highest BCUT2D eigenvalue weighted by atomic mass is 32.2. The Labute approximate surface area is 202 Å². The fourth-order valence-electron chi connectivity index (χ4n) is 5.71. The summed E-state index contributed by atoms with van der Waals surface area (Å²) >= 11 is 1.59. The van der Waals surface area contributed by atoms with Crippen LogP contribution in [0.3, 0.4) is 0 Å². The molecule has 8 heteroatoms. The second-order valence-corrected chi connectivity index (χ2v) is 10.2. The maximum absolute atomic E-state index is 13.2. The Kier molecular flexibility index (Phi) is 6.25. The number of hydrogen-bond acceptors (Lipinski definition) is 5. The van der Waals surface area contributed by atoms with E-state index < -0.39 is 24.0 Å². The van der Waals surface area contributed by atoms with Crippen LogP contribution in [-0.4, -0.2) is 65.2 Å². The van der Waals surface area contributed by atoms with Crippen molar-refractivity contribution in [3.05, 3.63) is 59.7 Å². The third-order valence-electron chi connectivity index (χ3n) is 7.41. The normalized spacial score (nSPS) is 23.0. The number of carbonyl (C=O) groups excluding carboxylic acids is 2. The molecule has 3 fully saturated rings. The molecule has 34 heavy (non-hydrogen) atoms. The van der Waals surface area contributed by atoms with E-state index in [2.05, 4.69) is 29.6 Å². The summed E-state index contributed by atoms with van der Waals surface area (Å²) in [6.45, 7) is 0.626. The van der Waals surface area contributed by atoms with Crippen molar-refractivity contribution in [2.24, 2.45) is 11.8 Å². The van der Waals surface area contributed by atoms with Crippen LogP contribution >= 0.6 is 11.8 Å². The van der Waals surface area contributed by atoms with Crippen molar-refractivity contribution in [2.75, 3.05) is 25.2 Å². The molecule has 4 atom stereocenters. The molecule has 0 spiro atoms. The molecule has 3 unspecified atom stereocenters. The van der Waals surface area contributed by atoms with E-state index in [-0.39, 0.29) is 30.4 Å². The van der Waals surface area contributed by atoms with Gasteiger partial charge in [0.25, 0.3) is 0 Å². The molecule has 2 N–H and O–H groups in total. The van der Waals surface area contributed by atoms with Gasteiger partial charge in [-0.15, -0.1) is 0 Å². The molecule has 4 aliphatic rings. The predicted molar refractivity (Wildman–Crippen MR) is 130 cm³/mol. The highest BCUT2D eigenvalue weighted by molar-refractivity contribution is 7.98. The number of hydrogen-bond donors (Lipinski definition) is 2. The van der Waals surface area contributed by atoms with Gasteiger partial charge in [-0.1, -0.05) is 48.5 Å². The van der Waals surface area contributed by atoms with Gasteiger partial charge in [0.2, 0.25) is 5.91 Å². The molecule has 0 aromatic heterocycles. The van der Waals surface area contributed by atoms with E-state index in [0.29, 0.717) is 18.7 Å². The SMILES string of the molecule is CSCC[C@H](NC(=O)OCC1c2ccccc2-c2ccccc21)C(=O)N1CC2CC1C2C(=O)O. The van der Waals surface area contributed by atoms with Crippen molar-refractivity contribution in [3.63, 3.8) is 0 Å². The average molecular weight is 481 g/mol. The van der Waals surface area contributed by atoms with E-state index >= 15 is 0 Å². The molecule has 7 nitrogen and oxygen atoms in total. The summed E-state index contributed by atoms with van der Waals surface area (Å²) in [5, 5.41) is 12.2. The summed E-state index contributed by atoms with van der Waals surface area (Å²) in [5.41, 5.74) is 4.56. The van der Waals surface area contributed by atoms with E-state index in [4.69, 9.17) is 4.74 Å². The van der Waals surface area contributed by atoms with Gasteiger partial charge in [-0.05, 0) is 53.0 Å². The summed E-state index contributed by atoms with van der Waals surface area (Å²) < 4.78 is 5.64. The number of nitrogens with one attached hydrogen (secondary N) is 1. The second-order valence-electron chi connectivity index (χ2n) is 9.22. The highest BCUT2D eigenvalue weighted by Gasteiger charge is 2.57. The Morgan fingerprint density at radius 3 is 2.35 bits per heavy atom. The van der Waals surface area contributed by atoms with Crippen molar-refractivity contribution in [1.29, 1.82) is 0 Å². The number of rotatable bonds is 8. The van der Waals surface area contributed by atoms with Gasteiger partial charge < -0.3 is 20.1 Å². The van der Waals surface area contributed by atoms with Gasteiger partial charge in [-0.25, -0.2) is 4.79 Å². The Morgan fingerprint density at radius 1 is 1.12 bits per heavy atom. The number of carboxylic acid groups (broad SMARTS) is 1. The molecule has 1 saturated carbocycles. The molecule has 2 aliphatic carbocycles. The molecule has 2 saturated heterocycles. The lowest BCUT2D eigenvalue weighted by Crippen LogP contribution is -2.52. The average Bonchev–Trinajstić information content (AvgIpc) is 3.50. The Balaban J connectivity index is 1.24. The number of nitrogens with zero attached hydrogens (tertiary/aromatic N) is 1. The van der Waals surface area contributed by atoms with Gasteiger partial charge >= 0.3 is 12.1 Å². The van der Waals surface area contributed by atoms with Crippen LogP contribution in [0.1, 0.15) is 29.9 Å². The lowest BCUT2D eigenvalue weighted by Gasteiger charge is -2.34. The van der Waals surface area contributed by atoms with Gasteiger partial charge in [-0.2, -0.15) is 11.8 Å². The molecule has 2 aromatic rings. The molecule has 6 rings (SSSR count). The smallest absolute Gasteiger partial charge is 0.407 e. The van der Waals surface area contributed by atoms with Gasteiger partial charge in [0.1, 0.15) is 12.6 Å². The first-order valence-electron chi connectivity index (χ1n) is 11.6. The molecule has 2 bridgehead atoms. The van der Waals surface area contributed by atoms with Crippen LogP contribution in [0.4, 0.5) is 4.79 Å². The van der Waals surface area contributed by atoms with Gasteiger partial charge in [-0.3, -0.25) is 9.59 Å². The minimum atomic E-state index is -0.846. The lowest BCUT2D eigenvalue weighted by atomic mass is 9.74. The van der Waals surface area contributed by atoms with Crippen molar-refractivity contribution in [1.82, 2.24) is 10.2 Å². The zero-order valence-corrected chi connectivity index (χ0v) is 19.8. The Morgan fingerprint density at radius 2 is 1.76 bits per heavy atom. The summed E-state index contributed by atoms with van der Waals surface area (Å²) in [6, 6.07) is 15.3. The number of amides is 2. The lowest BCUT2D eigenvalue weighted by molar-refractivity contribution is -0.148. The molecule has 2 aliphatic heterocycles. The fraction of sp³-hybridized carbons (Fsp3) is 0.423. The number of carbonyl (C=O) groups is 3. The number of carboxylic acids is 1. The number of benzene rings is 2. The van der Waals surface area contributed by atoms with Crippen molar-refractivity contribution in [2.45, 2.75) is 30.8 Å². The molecule has 2 aromatic carbocycles. The summed E-state index contributed by atoms with van der Waals surface area (Å²) in [5.74, 6) is -0.882. The largest absolute Gasteiger partial charge is 0.481 e. The van der Waals surface area contributed by atoms with Crippen LogP contribution in [0, 0.1) is 11.8 Å². The number of ether oxygens (including phenoxy) is 1.